The monoisotopic (exact) mass is 467 g/mol. The van der Waals surface area contributed by atoms with Crippen molar-refractivity contribution in [3.8, 4) is 22.8 Å². The summed E-state index contributed by atoms with van der Waals surface area (Å²) in [5, 5.41) is 8.81. The molecule has 12 nitrogen and oxygen atoms in total. The van der Waals surface area contributed by atoms with Crippen molar-refractivity contribution >= 4 is 34.8 Å². The van der Waals surface area contributed by atoms with Crippen LogP contribution in [0.25, 0.3) is 22.4 Å². The predicted molar refractivity (Wildman–Crippen MR) is 124 cm³/mol. The van der Waals surface area contributed by atoms with E-state index >= 15 is 0 Å². The summed E-state index contributed by atoms with van der Waals surface area (Å²) in [5.41, 5.74) is 8.17. The molecule has 3 heterocycles. The van der Waals surface area contributed by atoms with Crippen LogP contribution in [-0.2, 0) is 9.59 Å². The number of nitrogens with two attached hydrogens (primary N) is 1. The van der Waals surface area contributed by atoms with Crippen molar-refractivity contribution in [3.05, 3.63) is 24.4 Å². The Morgan fingerprint density at radius 3 is 2.44 bits per heavy atom. The number of carboxylic acid groups (broad SMARTS) is 1. The fourth-order valence-electron chi connectivity index (χ4n) is 3.80. The summed E-state index contributed by atoms with van der Waals surface area (Å²) in [6, 6.07) is 5.46. The molecular formula is C22H25N7O5. The van der Waals surface area contributed by atoms with Gasteiger partial charge in [-0.3, -0.25) is 9.59 Å². The molecule has 0 bridgehead atoms. The van der Waals surface area contributed by atoms with Crippen LogP contribution in [0.1, 0.15) is 12.8 Å². The first-order chi connectivity index (χ1) is 16.4. The third-order valence-corrected chi connectivity index (χ3v) is 5.57. The third-order valence-electron chi connectivity index (χ3n) is 5.57. The van der Waals surface area contributed by atoms with Crippen LogP contribution in [0, 0.1) is 0 Å². The van der Waals surface area contributed by atoms with E-state index in [1.54, 1.807) is 31.4 Å². The van der Waals surface area contributed by atoms with Crippen LogP contribution in [0.3, 0.4) is 0 Å². The van der Waals surface area contributed by atoms with Gasteiger partial charge in [0, 0.05) is 38.2 Å². The molecule has 0 aliphatic carbocycles. The number of rotatable bonds is 7. The number of anilines is 2. The number of hydrogen-bond acceptors (Lipinski definition) is 10. The highest BCUT2D eigenvalue weighted by Gasteiger charge is 2.25. The Labute approximate surface area is 195 Å². The molecule has 3 N–H and O–H groups in total. The quantitative estimate of drug-likeness (QED) is 0.514. The number of amides is 1. The molecule has 1 fully saturated rings. The zero-order valence-electron chi connectivity index (χ0n) is 18.9. The molecule has 3 aromatic rings. The first kappa shape index (κ1) is 23.0. The lowest BCUT2D eigenvalue weighted by atomic mass is 10.1. The lowest BCUT2D eigenvalue weighted by molar-refractivity contribution is -0.141. The highest BCUT2D eigenvalue weighted by Crippen LogP contribution is 2.32. The van der Waals surface area contributed by atoms with Gasteiger partial charge in [0.25, 0.3) is 0 Å². The number of ether oxygens (including phenoxy) is 2. The van der Waals surface area contributed by atoms with Crippen LogP contribution in [0.4, 0.5) is 11.8 Å². The van der Waals surface area contributed by atoms with Crippen LogP contribution >= 0.6 is 0 Å². The number of benzene rings is 1. The van der Waals surface area contributed by atoms with Crippen LogP contribution in [0.5, 0.6) is 11.5 Å². The lowest BCUT2D eigenvalue weighted by Gasteiger charge is -2.35. The predicted octanol–water partition coefficient (Wildman–Crippen LogP) is 1.20. The molecule has 0 atom stereocenters. The first-order valence-corrected chi connectivity index (χ1v) is 10.7. The third kappa shape index (κ3) is 4.75. The van der Waals surface area contributed by atoms with Gasteiger partial charge in [0.15, 0.2) is 28.5 Å². The minimum absolute atomic E-state index is 0.0150. The Kier molecular flexibility index (Phi) is 6.57. The van der Waals surface area contributed by atoms with Gasteiger partial charge < -0.3 is 30.1 Å². The van der Waals surface area contributed by atoms with Gasteiger partial charge >= 0.3 is 5.97 Å². The summed E-state index contributed by atoms with van der Waals surface area (Å²) in [4.78, 5) is 44.5. The second-order valence-corrected chi connectivity index (χ2v) is 7.66. The smallest absolute Gasteiger partial charge is 0.303 e. The number of carboxylic acids is 1. The van der Waals surface area contributed by atoms with Gasteiger partial charge in [-0.05, 0) is 18.2 Å². The fraction of sp³-hybridized carbons (Fsp3) is 0.364. The molecule has 0 radical (unpaired) electrons. The van der Waals surface area contributed by atoms with E-state index in [2.05, 4.69) is 15.0 Å². The van der Waals surface area contributed by atoms with Gasteiger partial charge in [-0.25, -0.2) is 9.97 Å². The molecule has 1 aliphatic rings. The van der Waals surface area contributed by atoms with Crippen molar-refractivity contribution in [2.24, 2.45) is 0 Å². The average Bonchev–Trinajstić information content (AvgIpc) is 2.86. The van der Waals surface area contributed by atoms with Gasteiger partial charge in [0.1, 0.15) is 0 Å². The average molecular weight is 467 g/mol. The van der Waals surface area contributed by atoms with E-state index in [1.807, 2.05) is 17.0 Å². The molecule has 0 spiro atoms. The number of carbonyl (C=O) groups excluding carboxylic acids is 1. The Bertz CT molecular complexity index is 1230. The largest absolute Gasteiger partial charge is 0.493 e. The molecule has 12 heteroatoms. The molecule has 1 aliphatic heterocycles. The second-order valence-electron chi connectivity index (χ2n) is 7.66. The number of nitrogen functional groups attached to an aromatic ring is 1. The molecular weight excluding hydrogens is 442 g/mol. The minimum atomic E-state index is -0.987. The topological polar surface area (TPSA) is 157 Å². The van der Waals surface area contributed by atoms with Gasteiger partial charge in [-0.1, -0.05) is 0 Å². The fourth-order valence-corrected chi connectivity index (χ4v) is 3.80. The number of aliphatic carboxylic acids is 1. The number of hydrogen-bond donors (Lipinski definition) is 2. The summed E-state index contributed by atoms with van der Waals surface area (Å²) < 4.78 is 10.7. The van der Waals surface area contributed by atoms with Crippen molar-refractivity contribution < 1.29 is 24.2 Å². The normalized spacial score (nSPS) is 13.7. The Morgan fingerprint density at radius 2 is 1.76 bits per heavy atom. The molecule has 0 saturated carbocycles. The SMILES string of the molecule is COc1ccc(-c2cnc3nc(N)nc(N4CCN(C(=O)CCC(=O)O)CC4)c3n2)cc1OC. The molecule has 178 valence electrons. The molecule has 1 saturated heterocycles. The van der Waals surface area contributed by atoms with E-state index in [0.29, 0.717) is 60.4 Å². The van der Waals surface area contributed by atoms with E-state index in [-0.39, 0.29) is 24.7 Å². The van der Waals surface area contributed by atoms with E-state index in [4.69, 9.17) is 25.3 Å². The van der Waals surface area contributed by atoms with Gasteiger partial charge in [-0.15, -0.1) is 0 Å². The highest BCUT2D eigenvalue weighted by molar-refractivity contribution is 5.86. The van der Waals surface area contributed by atoms with E-state index < -0.39 is 5.97 Å². The van der Waals surface area contributed by atoms with E-state index in [9.17, 15) is 9.59 Å². The number of nitrogens with zero attached hydrogens (tertiary/aromatic N) is 6. The molecule has 4 rings (SSSR count). The minimum Gasteiger partial charge on any atom is -0.493 e. The molecule has 2 aromatic heterocycles. The zero-order chi connectivity index (χ0) is 24.2. The van der Waals surface area contributed by atoms with Crippen molar-refractivity contribution in [1.29, 1.82) is 0 Å². The Hall–Kier alpha value is -4.22. The summed E-state index contributed by atoms with van der Waals surface area (Å²) in [7, 11) is 3.13. The maximum absolute atomic E-state index is 12.3. The zero-order valence-corrected chi connectivity index (χ0v) is 18.9. The summed E-state index contributed by atoms with van der Waals surface area (Å²) in [5.74, 6) is 0.626. The van der Waals surface area contributed by atoms with Gasteiger partial charge in [-0.2, -0.15) is 9.97 Å². The standard InChI is InChI=1S/C22H25N7O5/c1-33-15-4-3-13(11-16(15)34-2)14-12-24-20-19(25-14)21(27-22(23)26-20)29-9-7-28(8-10-29)17(30)5-6-18(31)32/h3-4,11-12H,5-10H2,1-2H3,(H,31,32)(H2,23,24,26,27). The van der Waals surface area contributed by atoms with Gasteiger partial charge in [0.2, 0.25) is 11.9 Å². The number of methoxy groups -OCH3 is 2. The van der Waals surface area contributed by atoms with E-state index in [0.717, 1.165) is 5.56 Å². The van der Waals surface area contributed by atoms with Crippen molar-refractivity contribution in [2.45, 2.75) is 12.8 Å². The maximum Gasteiger partial charge on any atom is 0.303 e. The van der Waals surface area contributed by atoms with Crippen LogP contribution in [-0.4, -0.2) is 82.2 Å². The van der Waals surface area contributed by atoms with Crippen LogP contribution in [0.2, 0.25) is 0 Å². The number of piperazine rings is 1. The number of fused-ring (bicyclic) bond motifs is 1. The number of aromatic nitrogens is 4. The second kappa shape index (κ2) is 9.73. The highest BCUT2D eigenvalue weighted by atomic mass is 16.5. The van der Waals surface area contributed by atoms with E-state index in [1.165, 1.54) is 0 Å². The van der Waals surface area contributed by atoms with Crippen molar-refractivity contribution in [2.75, 3.05) is 51.0 Å². The summed E-state index contributed by atoms with van der Waals surface area (Å²) in [6.07, 6.45) is 1.42. The Balaban J connectivity index is 1.61. The first-order valence-electron chi connectivity index (χ1n) is 10.7. The maximum atomic E-state index is 12.3. The molecule has 0 unspecified atom stereocenters. The molecule has 1 aromatic carbocycles. The van der Waals surface area contributed by atoms with Crippen LogP contribution in [0.15, 0.2) is 24.4 Å². The molecule has 1 amide bonds. The molecule has 34 heavy (non-hydrogen) atoms. The van der Waals surface area contributed by atoms with Crippen molar-refractivity contribution in [3.63, 3.8) is 0 Å². The number of carbonyl (C=O) groups is 2. The Morgan fingerprint density at radius 1 is 1.03 bits per heavy atom. The van der Waals surface area contributed by atoms with Gasteiger partial charge in [0.05, 0.1) is 32.5 Å². The van der Waals surface area contributed by atoms with Crippen molar-refractivity contribution in [1.82, 2.24) is 24.8 Å². The van der Waals surface area contributed by atoms with Crippen LogP contribution < -0.4 is 20.1 Å². The summed E-state index contributed by atoms with van der Waals surface area (Å²) in [6.45, 7) is 1.86. The summed E-state index contributed by atoms with van der Waals surface area (Å²) >= 11 is 0. The lowest BCUT2D eigenvalue weighted by Crippen LogP contribution is -2.49.